The lowest BCUT2D eigenvalue weighted by atomic mass is 9.92. The summed E-state index contributed by atoms with van der Waals surface area (Å²) in [7, 11) is 0. The van der Waals surface area contributed by atoms with Crippen molar-refractivity contribution in [2.75, 3.05) is 13.1 Å². The van der Waals surface area contributed by atoms with Crippen LogP contribution in [0.2, 0.25) is 0 Å². The maximum absolute atomic E-state index is 12.6. The van der Waals surface area contributed by atoms with E-state index >= 15 is 0 Å². The number of hydrogen-bond donors (Lipinski definition) is 0. The molecule has 5 nitrogen and oxygen atoms in total. The van der Waals surface area contributed by atoms with Crippen molar-refractivity contribution >= 4 is 5.91 Å². The van der Waals surface area contributed by atoms with Gasteiger partial charge in [0.15, 0.2) is 0 Å². The average molecular weight is 327 g/mol. The molecule has 0 radical (unpaired) electrons. The van der Waals surface area contributed by atoms with Gasteiger partial charge in [0.2, 0.25) is 5.91 Å². The molecule has 1 atom stereocenters. The number of carbonyl (C=O) groups is 1. The van der Waals surface area contributed by atoms with Gasteiger partial charge in [-0.25, -0.2) is 4.68 Å². The fourth-order valence-corrected chi connectivity index (χ4v) is 3.91. The Kier molecular flexibility index (Phi) is 4.25. The second kappa shape index (κ2) is 6.54. The number of hydrogen-bond acceptors (Lipinski definition) is 3. The van der Waals surface area contributed by atoms with Crippen molar-refractivity contribution in [1.82, 2.24) is 14.7 Å². The largest absolute Gasteiger partial charge is 0.342 e. The number of amides is 1. The minimum absolute atomic E-state index is 0.0124. The van der Waals surface area contributed by atoms with Crippen molar-refractivity contribution in [3.05, 3.63) is 40.3 Å². The van der Waals surface area contributed by atoms with Crippen LogP contribution >= 0.6 is 0 Å². The molecule has 1 aliphatic heterocycles. The van der Waals surface area contributed by atoms with E-state index in [4.69, 9.17) is 0 Å². The number of nitrogens with zero attached hydrogens (tertiary/aromatic N) is 3. The molecule has 5 heteroatoms. The van der Waals surface area contributed by atoms with Crippen LogP contribution in [0.4, 0.5) is 0 Å². The van der Waals surface area contributed by atoms with Crippen molar-refractivity contribution in [1.29, 1.82) is 0 Å². The first-order valence-electron chi connectivity index (χ1n) is 9.26. The first-order chi connectivity index (χ1) is 11.7. The molecule has 0 N–H and O–H groups in total. The standard InChI is InChI=1S/C19H25N3O2/c23-18-9-8-17(14-6-7-14)20-22(18)16-10-12-21(13-11-16)19(24)15-4-2-1-3-5-15/h1-2,8-9,14-16H,3-7,10-13H2. The highest BCUT2D eigenvalue weighted by molar-refractivity contribution is 5.79. The zero-order valence-corrected chi connectivity index (χ0v) is 14.1. The maximum Gasteiger partial charge on any atom is 0.267 e. The molecule has 4 rings (SSSR count). The Morgan fingerprint density at radius 2 is 1.83 bits per heavy atom. The Bertz CT molecular complexity index is 697. The van der Waals surface area contributed by atoms with Gasteiger partial charge in [0.25, 0.3) is 5.56 Å². The van der Waals surface area contributed by atoms with Crippen LogP contribution in [-0.2, 0) is 4.79 Å². The first kappa shape index (κ1) is 15.6. The molecule has 128 valence electrons. The molecule has 1 aromatic heterocycles. The van der Waals surface area contributed by atoms with Gasteiger partial charge in [-0.15, -0.1) is 0 Å². The number of allylic oxidation sites excluding steroid dienone is 2. The number of aromatic nitrogens is 2. The molecule has 3 aliphatic rings. The second-order valence-electron chi connectivity index (χ2n) is 7.35. The molecule has 1 amide bonds. The fraction of sp³-hybridized carbons (Fsp3) is 0.632. The first-order valence-corrected chi connectivity index (χ1v) is 9.26. The molecular formula is C19H25N3O2. The molecule has 1 unspecified atom stereocenters. The summed E-state index contributed by atoms with van der Waals surface area (Å²) in [5.41, 5.74) is 1.05. The summed E-state index contributed by atoms with van der Waals surface area (Å²) >= 11 is 0. The van der Waals surface area contributed by atoms with Crippen LogP contribution in [0.3, 0.4) is 0 Å². The number of piperidine rings is 1. The highest BCUT2D eigenvalue weighted by Gasteiger charge is 2.30. The van der Waals surface area contributed by atoms with E-state index in [1.807, 2.05) is 11.0 Å². The van der Waals surface area contributed by atoms with Gasteiger partial charge in [-0.2, -0.15) is 5.10 Å². The van der Waals surface area contributed by atoms with Gasteiger partial charge in [-0.1, -0.05) is 12.2 Å². The van der Waals surface area contributed by atoms with Gasteiger partial charge >= 0.3 is 0 Å². The molecule has 2 aliphatic carbocycles. The summed E-state index contributed by atoms with van der Waals surface area (Å²) in [6, 6.07) is 3.67. The summed E-state index contributed by atoms with van der Waals surface area (Å²) < 4.78 is 1.68. The Balaban J connectivity index is 1.41. The summed E-state index contributed by atoms with van der Waals surface area (Å²) in [5, 5.41) is 4.61. The quantitative estimate of drug-likeness (QED) is 0.802. The second-order valence-corrected chi connectivity index (χ2v) is 7.35. The lowest BCUT2D eigenvalue weighted by Gasteiger charge is -2.34. The Morgan fingerprint density at radius 1 is 1.04 bits per heavy atom. The van der Waals surface area contributed by atoms with E-state index in [9.17, 15) is 9.59 Å². The van der Waals surface area contributed by atoms with Gasteiger partial charge in [0, 0.05) is 31.0 Å². The third-order valence-corrected chi connectivity index (χ3v) is 5.58. The monoisotopic (exact) mass is 327 g/mol. The molecule has 0 bridgehead atoms. The average Bonchev–Trinajstić information content (AvgIpc) is 3.48. The normalized spacial score (nSPS) is 25.0. The van der Waals surface area contributed by atoms with Crippen LogP contribution in [0.5, 0.6) is 0 Å². The highest BCUT2D eigenvalue weighted by Crippen LogP contribution is 2.38. The fourth-order valence-electron chi connectivity index (χ4n) is 3.91. The van der Waals surface area contributed by atoms with Gasteiger partial charge in [-0.3, -0.25) is 9.59 Å². The SMILES string of the molecule is O=C(C1CC=CCC1)N1CCC(n2nc(C3CC3)ccc2=O)CC1. The van der Waals surface area contributed by atoms with E-state index in [1.165, 1.54) is 12.8 Å². The Hall–Kier alpha value is -1.91. The van der Waals surface area contributed by atoms with Crippen LogP contribution < -0.4 is 5.56 Å². The third-order valence-electron chi connectivity index (χ3n) is 5.58. The molecular weight excluding hydrogens is 302 g/mol. The number of rotatable bonds is 3. The predicted molar refractivity (Wildman–Crippen MR) is 91.8 cm³/mol. The molecule has 1 aromatic rings. The van der Waals surface area contributed by atoms with Crippen LogP contribution in [-0.4, -0.2) is 33.7 Å². The number of likely N-dealkylation sites (tertiary alicyclic amines) is 1. The molecule has 0 aromatic carbocycles. The van der Waals surface area contributed by atoms with Crippen LogP contribution in [0, 0.1) is 5.92 Å². The van der Waals surface area contributed by atoms with Gasteiger partial charge in [0.1, 0.15) is 0 Å². The predicted octanol–water partition coefficient (Wildman–Crippen LogP) is 2.64. The smallest absolute Gasteiger partial charge is 0.267 e. The van der Waals surface area contributed by atoms with Crippen molar-refractivity contribution < 1.29 is 4.79 Å². The van der Waals surface area contributed by atoms with Crippen LogP contribution in [0.25, 0.3) is 0 Å². The summed E-state index contributed by atoms with van der Waals surface area (Å²) in [6.07, 6.45) is 11.2. The number of carbonyl (C=O) groups excluding carboxylic acids is 1. The summed E-state index contributed by atoms with van der Waals surface area (Å²) in [6.45, 7) is 1.48. The Labute approximate surface area is 142 Å². The van der Waals surface area contributed by atoms with Gasteiger partial charge in [0.05, 0.1) is 11.7 Å². The zero-order chi connectivity index (χ0) is 16.5. The van der Waals surface area contributed by atoms with E-state index in [1.54, 1.807) is 10.7 Å². The highest BCUT2D eigenvalue weighted by atomic mass is 16.2. The molecule has 2 heterocycles. The summed E-state index contributed by atoms with van der Waals surface area (Å²) in [5.74, 6) is 1.01. The van der Waals surface area contributed by atoms with Crippen LogP contribution in [0.1, 0.15) is 62.6 Å². The molecule has 2 fully saturated rings. The van der Waals surface area contributed by atoms with E-state index in [0.717, 1.165) is 50.9 Å². The van der Waals surface area contributed by atoms with Crippen LogP contribution in [0.15, 0.2) is 29.1 Å². The molecule has 1 saturated heterocycles. The maximum atomic E-state index is 12.6. The van der Waals surface area contributed by atoms with Crippen molar-refractivity contribution in [2.24, 2.45) is 5.92 Å². The van der Waals surface area contributed by atoms with Crippen molar-refractivity contribution in [2.45, 2.75) is 56.9 Å². The zero-order valence-electron chi connectivity index (χ0n) is 14.1. The van der Waals surface area contributed by atoms with E-state index in [-0.39, 0.29) is 17.5 Å². The van der Waals surface area contributed by atoms with E-state index < -0.39 is 0 Å². The molecule has 24 heavy (non-hydrogen) atoms. The molecule has 0 spiro atoms. The third kappa shape index (κ3) is 3.17. The molecule has 1 saturated carbocycles. The Morgan fingerprint density at radius 3 is 2.50 bits per heavy atom. The summed E-state index contributed by atoms with van der Waals surface area (Å²) in [4.78, 5) is 26.8. The minimum atomic E-state index is -0.0124. The lowest BCUT2D eigenvalue weighted by molar-refractivity contribution is -0.137. The van der Waals surface area contributed by atoms with E-state index in [2.05, 4.69) is 17.3 Å². The van der Waals surface area contributed by atoms with Crippen molar-refractivity contribution in [3.63, 3.8) is 0 Å². The lowest BCUT2D eigenvalue weighted by Crippen LogP contribution is -2.44. The van der Waals surface area contributed by atoms with Gasteiger partial charge in [-0.05, 0) is 51.0 Å². The van der Waals surface area contributed by atoms with Gasteiger partial charge < -0.3 is 4.90 Å². The van der Waals surface area contributed by atoms with Crippen molar-refractivity contribution in [3.8, 4) is 0 Å². The topological polar surface area (TPSA) is 55.2 Å². The minimum Gasteiger partial charge on any atom is -0.342 e. The van der Waals surface area contributed by atoms with E-state index in [0.29, 0.717) is 11.8 Å².